The summed E-state index contributed by atoms with van der Waals surface area (Å²) in [6.07, 6.45) is 0.830. The molecule has 2 N–H and O–H groups in total. The number of benzene rings is 1. The Morgan fingerprint density at radius 1 is 1.29 bits per heavy atom. The Morgan fingerprint density at radius 3 is 2.47 bits per heavy atom. The molecule has 3 nitrogen and oxygen atoms in total. The molecule has 1 unspecified atom stereocenters. The number of anilines is 1. The van der Waals surface area contributed by atoms with Crippen LogP contribution in [0.4, 0.5) is 14.5 Å². The SMILES string of the molecule is OCc1cc(F)c(N2CCCC(O)C2)c(F)c1. The van der Waals surface area contributed by atoms with Crippen molar-refractivity contribution < 1.29 is 19.0 Å². The average molecular weight is 243 g/mol. The van der Waals surface area contributed by atoms with Gasteiger partial charge in [-0.2, -0.15) is 0 Å². The number of aliphatic hydroxyl groups is 2. The molecule has 5 heteroatoms. The van der Waals surface area contributed by atoms with Crippen molar-refractivity contribution in [3.05, 3.63) is 29.3 Å². The highest BCUT2D eigenvalue weighted by atomic mass is 19.1. The van der Waals surface area contributed by atoms with E-state index in [2.05, 4.69) is 0 Å². The van der Waals surface area contributed by atoms with Crippen molar-refractivity contribution in [1.82, 2.24) is 0 Å². The van der Waals surface area contributed by atoms with Crippen LogP contribution < -0.4 is 4.90 Å². The molecule has 0 bridgehead atoms. The van der Waals surface area contributed by atoms with E-state index in [1.165, 1.54) is 4.90 Å². The minimum atomic E-state index is -0.692. The first-order chi connectivity index (χ1) is 8.11. The molecule has 0 saturated carbocycles. The van der Waals surface area contributed by atoms with Crippen molar-refractivity contribution in [3.63, 3.8) is 0 Å². The lowest BCUT2D eigenvalue weighted by atomic mass is 10.1. The first-order valence-electron chi connectivity index (χ1n) is 5.63. The van der Waals surface area contributed by atoms with E-state index in [9.17, 15) is 13.9 Å². The maximum atomic E-state index is 13.7. The summed E-state index contributed by atoms with van der Waals surface area (Å²) >= 11 is 0. The Hall–Kier alpha value is -1.20. The van der Waals surface area contributed by atoms with Crippen molar-refractivity contribution in [1.29, 1.82) is 0 Å². The number of hydrogen-bond acceptors (Lipinski definition) is 3. The van der Waals surface area contributed by atoms with Crippen molar-refractivity contribution >= 4 is 5.69 Å². The molecule has 0 aliphatic carbocycles. The molecule has 1 saturated heterocycles. The van der Waals surface area contributed by atoms with E-state index in [0.29, 0.717) is 19.4 Å². The van der Waals surface area contributed by atoms with Crippen molar-refractivity contribution in [2.75, 3.05) is 18.0 Å². The van der Waals surface area contributed by atoms with Gasteiger partial charge in [0.25, 0.3) is 0 Å². The lowest BCUT2D eigenvalue weighted by Gasteiger charge is -2.32. The van der Waals surface area contributed by atoms with Crippen LogP contribution in [-0.4, -0.2) is 29.4 Å². The van der Waals surface area contributed by atoms with Crippen LogP contribution >= 0.6 is 0 Å². The molecule has 1 aromatic rings. The molecule has 1 aliphatic rings. The Kier molecular flexibility index (Phi) is 3.59. The molecular formula is C12H15F2NO2. The number of aliphatic hydroxyl groups excluding tert-OH is 2. The fourth-order valence-corrected chi connectivity index (χ4v) is 2.17. The molecule has 17 heavy (non-hydrogen) atoms. The zero-order valence-electron chi connectivity index (χ0n) is 9.37. The normalized spacial score (nSPS) is 20.7. The zero-order valence-corrected chi connectivity index (χ0v) is 9.37. The molecule has 1 aromatic carbocycles. The van der Waals surface area contributed by atoms with Gasteiger partial charge in [0, 0.05) is 13.1 Å². The smallest absolute Gasteiger partial charge is 0.149 e. The largest absolute Gasteiger partial charge is 0.392 e. The Morgan fingerprint density at radius 2 is 1.94 bits per heavy atom. The second-order valence-electron chi connectivity index (χ2n) is 4.31. The summed E-state index contributed by atoms with van der Waals surface area (Å²) in [4.78, 5) is 1.51. The van der Waals surface area contributed by atoms with Gasteiger partial charge >= 0.3 is 0 Å². The predicted molar refractivity (Wildman–Crippen MR) is 59.7 cm³/mol. The third kappa shape index (κ3) is 2.56. The van der Waals surface area contributed by atoms with Crippen molar-refractivity contribution in [3.8, 4) is 0 Å². The highest BCUT2D eigenvalue weighted by Gasteiger charge is 2.23. The lowest BCUT2D eigenvalue weighted by Crippen LogP contribution is -2.39. The predicted octanol–water partition coefficient (Wildman–Crippen LogP) is 1.42. The summed E-state index contributed by atoms with van der Waals surface area (Å²) in [5.41, 5.74) is 0.0993. The number of β-amino-alcohol motifs (C(OH)–C–C–N with tert-alkyl or cyclic N) is 1. The standard InChI is InChI=1S/C12H15F2NO2/c13-10-4-8(7-16)5-11(14)12(10)15-3-1-2-9(17)6-15/h4-5,9,16-17H,1-3,6-7H2. The summed E-state index contributed by atoms with van der Waals surface area (Å²) in [5, 5.41) is 18.3. The van der Waals surface area contributed by atoms with Gasteiger partial charge in [0.15, 0.2) is 0 Å². The maximum absolute atomic E-state index is 13.7. The van der Waals surface area contributed by atoms with E-state index in [4.69, 9.17) is 5.11 Å². The van der Waals surface area contributed by atoms with Crippen LogP contribution in [0.1, 0.15) is 18.4 Å². The van der Waals surface area contributed by atoms with E-state index in [-0.39, 0.29) is 17.8 Å². The minimum Gasteiger partial charge on any atom is -0.392 e. The van der Waals surface area contributed by atoms with E-state index in [1.807, 2.05) is 0 Å². The van der Waals surface area contributed by atoms with Crippen LogP contribution in [0, 0.1) is 11.6 Å². The first kappa shape index (κ1) is 12.3. The summed E-state index contributed by atoms with van der Waals surface area (Å²) in [6, 6.07) is 2.25. The van der Waals surface area contributed by atoms with Gasteiger partial charge in [-0.25, -0.2) is 8.78 Å². The molecule has 1 fully saturated rings. The van der Waals surface area contributed by atoms with Gasteiger partial charge in [-0.1, -0.05) is 0 Å². The number of piperidine rings is 1. The van der Waals surface area contributed by atoms with Gasteiger partial charge in [0.1, 0.15) is 17.3 Å². The van der Waals surface area contributed by atoms with Crippen LogP contribution in [0.25, 0.3) is 0 Å². The highest BCUT2D eigenvalue weighted by Crippen LogP contribution is 2.27. The van der Waals surface area contributed by atoms with E-state index in [1.54, 1.807) is 0 Å². The van der Waals surface area contributed by atoms with Gasteiger partial charge in [-0.05, 0) is 30.5 Å². The minimum absolute atomic E-state index is 0.110. The second kappa shape index (κ2) is 4.98. The molecule has 0 amide bonds. The molecular weight excluding hydrogens is 228 g/mol. The van der Waals surface area contributed by atoms with Crippen LogP contribution in [-0.2, 0) is 6.61 Å². The van der Waals surface area contributed by atoms with Gasteiger partial charge in [-0.15, -0.1) is 0 Å². The zero-order chi connectivity index (χ0) is 12.4. The number of rotatable bonds is 2. The number of nitrogens with zero attached hydrogens (tertiary/aromatic N) is 1. The van der Waals surface area contributed by atoms with Gasteiger partial charge in [0.05, 0.1) is 12.7 Å². The van der Waals surface area contributed by atoms with Gasteiger partial charge < -0.3 is 15.1 Å². The van der Waals surface area contributed by atoms with E-state index >= 15 is 0 Å². The number of halogens is 2. The molecule has 94 valence electrons. The monoisotopic (exact) mass is 243 g/mol. The lowest BCUT2D eigenvalue weighted by molar-refractivity contribution is 0.153. The average Bonchev–Trinajstić information content (AvgIpc) is 2.28. The molecule has 0 aromatic heterocycles. The van der Waals surface area contributed by atoms with Crippen molar-refractivity contribution in [2.45, 2.75) is 25.6 Å². The van der Waals surface area contributed by atoms with Crippen LogP contribution in [0.15, 0.2) is 12.1 Å². The fourth-order valence-electron chi connectivity index (χ4n) is 2.17. The molecule has 2 rings (SSSR count). The van der Waals surface area contributed by atoms with Gasteiger partial charge in [-0.3, -0.25) is 0 Å². The fraction of sp³-hybridized carbons (Fsp3) is 0.500. The van der Waals surface area contributed by atoms with E-state index < -0.39 is 24.3 Å². The summed E-state index contributed by atoms with van der Waals surface area (Å²) in [7, 11) is 0. The maximum Gasteiger partial charge on any atom is 0.149 e. The Labute approximate surface area is 98.3 Å². The van der Waals surface area contributed by atoms with E-state index in [0.717, 1.165) is 12.1 Å². The first-order valence-corrected chi connectivity index (χ1v) is 5.63. The molecule has 1 heterocycles. The Balaban J connectivity index is 2.31. The van der Waals surface area contributed by atoms with Crippen LogP contribution in [0.5, 0.6) is 0 Å². The summed E-state index contributed by atoms with van der Waals surface area (Å²) in [6.45, 7) is 0.381. The second-order valence-corrected chi connectivity index (χ2v) is 4.31. The third-order valence-corrected chi connectivity index (χ3v) is 2.97. The topological polar surface area (TPSA) is 43.7 Å². The highest BCUT2D eigenvalue weighted by molar-refractivity contribution is 5.51. The summed E-state index contributed by atoms with van der Waals surface area (Å²) in [5.74, 6) is -1.38. The molecule has 0 spiro atoms. The quantitative estimate of drug-likeness (QED) is 0.825. The summed E-state index contributed by atoms with van der Waals surface area (Å²) < 4.78 is 27.5. The molecule has 0 radical (unpaired) electrons. The van der Waals surface area contributed by atoms with Crippen molar-refractivity contribution in [2.24, 2.45) is 0 Å². The van der Waals surface area contributed by atoms with Crippen LogP contribution in [0.2, 0.25) is 0 Å². The Bertz CT molecular complexity index is 388. The van der Waals surface area contributed by atoms with Crippen LogP contribution in [0.3, 0.4) is 0 Å². The van der Waals surface area contributed by atoms with Gasteiger partial charge in [0.2, 0.25) is 0 Å². The molecule has 1 aliphatic heterocycles. The molecule has 1 atom stereocenters. The number of hydrogen-bond donors (Lipinski definition) is 2. The third-order valence-electron chi connectivity index (χ3n) is 2.97.